The molecular formula is C19H23NO4. The largest absolute Gasteiger partial charge is 0.496 e. The maximum absolute atomic E-state index is 12.8. The lowest BCUT2D eigenvalue weighted by Gasteiger charge is -2.17. The van der Waals surface area contributed by atoms with Gasteiger partial charge in [-0.3, -0.25) is 4.79 Å². The number of rotatable bonds is 6. The van der Waals surface area contributed by atoms with Crippen molar-refractivity contribution in [1.29, 1.82) is 0 Å². The number of allylic oxidation sites excluding steroid dienone is 1. The highest BCUT2D eigenvalue weighted by atomic mass is 16.5. The predicted octanol–water partition coefficient (Wildman–Crippen LogP) is 3.17. The Bertz CT molecular complexity index is 703. The highest BCUT2D eigenvalue weighted by Gasteiger charge is 2.36. The summed E-state index contributed by atoms with van der Waals surface area (Å²) in [6.45, 7) is 4.43. The molecular weight excluding hydrogens is 306 g/mol. The van der Waals surface area contributed by atoms with Crippen LogP contribution >= 0.6 is 0 Å². The first-order valence-corrected chi connectivity index (χ1v) is 8.01. The van der Waals surface area contributed by atoms with E-state index in [2.05, 4.69) is 6.92 Å². The summed E-state index contributed by atoms with van der Waals surface area (Å²) >= 11 is 0. The van der Waals surface area contributed by atoms with Crippen molar-refractivity contribution >= 4 is 18.0 Å². The van der Waals surface area contributed by atoms with Crippen LogP contribution in [0.2, 0.25) is 0 Å². The van der Waals surface area contributed by atoms with Crippen molar-refractivity contribution < 1.29 is 19.1 Å². The average molecular weight is 329 g/mol. The van der Waals surface area contributed by atoms with Crippen molar-refractivity contribution in [2.75, 3.05) is 20.8 Å². The van der Waals surface area contributed by atoms with Crippen LogP contribution in [0.15, 0.2) is 41.1 Å². The summed E-state index contributed by atoms with van der Waals surface area (Å²) in [5.41, 5.74) is 2.06. The van der Waals surface area contributed by atoms with Gasteiger partial charge in [0.1, 0.15) is 5.75 Å². The third kappa shape index (κ3) is 3.35. The summed E-state index contributed by atoms with van der Waals surface area (Å²) in [4.78, 5) is 26.7. The molecule has 1 aliphatic rings. The van der Waals surface area contributed by atoms with E-state index >= 15 is 0 Å². The number of methoxy groups -OCH3 is 2. The number of carbonyl (C=O) groups is 2. The van der Waals surface area contributed by atoms with Crippen LogP contribution in [0.3, 0.4) is 0 Å². The second kappa shape index (κ2) is 7.81. The van der Waals surface area contributed by atoms with Gasteiger partial charge in [0.25, 0.3) is 5.91 Å². The Kier molecular flexibility index (Phi) is 5.79. The average Bonchev–Trinajstić information content (AvgIpc) is 2.83. The van der Waals surface area contributed by atoms with Crippen LogP contribution in [-0.4, -0.2) is 37.5 Å². The normalized spacial score (nSPS) is 16.1. The molecule has 1 aromatic rings. The van der Waals surface area contributed by atoms with Crippen LogP contribution in [0, 0.1) is 0 Å². The van der Waals surface area contributed by atoms with Gasteiger partial charge in [0.05, 0.1) is 25.4 Å². The third-order valence-corrected chi connectivity index (χ3v) is 4.08. The molecule has 2 rings (SSSR count). The molecule has 1 aliphatic heterocycles. The summed E-state index contributed by atoms with van der Waals surface area (Å²) in [5, 5.41) is 0. The first kappa shape index (κ1) is 17.8. The Morgan fingerprint density at radius 2 is 1.96 bits per heavy atom. The molecule has 0 saturated carbocycles. The van der Waals surface area contributed by atoms with Crippen molar-refractivity contribution in [2.24, 2.45) is 0 Å². The van der Waals surface area contributed by atoms with Crippen LogP contribution in [0.1, 0.15) is 32.3 Å². The first-order chi connectivity index (χ1) is 11.5. The number of para-hydroxylation sites is 1. The molecule has 0 radical (unpaired) electrons. The topological polar surface area (TPSA) is 55.8 Å². The fourth-order valence-corrected chi connectivity index (χ4v) is 2.75. The van der Waals surface area contributed by atoms with E-state index in [0.717, 1.165) is 18.4 Å². The lowest BCUT2D eigenvalue weighted by molar-refractivity contribution is -0.136. The Morgan fingerprint density at radius 1 is 1.25 bits per heavy atom. The maximum Gasteiger partial charge on any atom is 0.340 e. The number of esters is 1. The number of unbranched alkanes of at least 4 members (excludes halogenated alkanes) is 1. The zero-order chi connectivity index (χ0) is 17.7. The molecule has 1 amide bonds. The zero-order valence-electron chi connectivity index (χ0n) is 14.6. The summed E-state index contributed by atoms with van der Waals surface area (Å²) in [7, 11) is 2.90. The summed E-state index contributed by atoms with van der Waals surface area (Å²) in [5.74, 6) is -0.0278. The molecule has 0 atom stereocenters. The number of ether oxygens (including phenoxy) is 2. The van der Waals surface area contributed by atoms with E-state index in [1.807, 2.05) is 24.3 Å². The number of nitrogens with zero attached hydrogens (tertiary/aromatic N) is 1. The Hall–Kier alpha value is -2.56. The van der Waals surface area contributed by atoms with Gasteiger partial charge in [0.15, 0.2) is 0 Å². The summed E-state index contributed by atoms with van der Waals surface area (Å²) in [6.07, 6.45) is 3.54. The molecule has 0 unspecified atom stereocenters. The highest BCUT2D eigenvalue weighted by molar-refractivity contribution is 6.16. The predicted molar refractivity (Wildman–Crippen MR) is 92.3 cm³/mol. The van der Waals surface area contributed by atoms with Gasteiger partial charge in [-0.25, -0.2) is 4.79 Å². The molecule has 0 bridgehead atoms. The molecule has 0 N–H and O–H groups in total. The molecule has 0 aliphatic carbocycles. The van der Waals surface area contributed by atoms with Crippen molar-refractivity contribution in [1.82, 2.24) is 4.90 Å². The van der Waals surface area contributed by atoms with E-state index in [4.69, 9.17) is 9.47 Å². The van der Waals surface area contributed by atoms with Crippen LogP contribution in [0.25, 0.3) is 6.08 Å². The minimum Gasteiger partial charge on any atom is -0.496 e. The van der Waals surface area contributed by atoms with Gasteiger partial charge in [-0.2, -0.15) is 0 Å². The molecule has 128 valence electrons. The zero-order valence-corrected chi connectivity index (χ0v) is 14.6. The Morgan fingerprint density at radius 3 is 2.58 bits per heavy atom. The molecule has 5 heteroatoms. The van der Waals surface area contributed by atoms with Crippen molar-refractivity contribution in [2.45, 2.75) is 26.7 Å². The molecule has 0 spiro atoms. The van der Waals surface area contributed by atoms with E-state index in [0.29, 0.717) is 29.1 Å². The molecule has 0 saturated heterocycles. The molecule has 0 fully saturated rings. The fraction of sp³-hybridized carbons (Fsp3) is 0.368. The fourth-order valence-electron chi connectivity index (χ4n) is 2.75. The van der Waals surface area contributed by atoms with Crippen LogP contribution < -0.4 is 4.74 Å². The van der Waals surface area contributed by atoms with E-state index in [1.54, 1.807) is 25.0 Å². The molecule has 5 nitrogen and oxygen atoms in total. The second-order valence-electron chi connectivity index (χ2n) is 5.56. The van der Waals surface area contributed by atoms with Gasteiger partial charge in [-0.05, 0) is 25.5 Å². The van der Waals surface area contributed by atoms with E-state index in [-0.39, 0.29) is 5.91 Å². The molecule has 24 heavy (non-hydrogen) atoms. The summed E-state index contributed by atoms with van der Waals surface area (Å²) < 4.78 is 10.2. The molecule has 1 aromatic carbocycles. The maximum atomic E-state index is 12.8. The number of hydrogen-bond acceptors (Lipinski definition) is 4. The van der Waals surface area contributed by atoms with Crippen LogP contribution in [-0.2, 0) is 14.3 Å². The van der Waals surface area contributed by atoms with Crippen molar-refractivity contribution in [3.8, 4) is 5.75 Å². The monoisotopic (exact) mass is 329 g/mol. The number of carbonyl (C=O) groups excluding carboxylic acids is 2. The smallest absolute Gasteiger partial charge is 0.340 e. The minimum absolute atomic E-state index is 0.174. The van der Waals surface area contributed by atoms with Gasteiger partial charge in [-0.15, -0.1) is 0 Å². The lowest BCUT2D eigenvalue weighted by atomic mass is 10.0. The molecule has 1 heterocycles. The standard InChI is InChI=1S/C19H23NO4/c1-5-6-11-20-13(2)17(19(22)24-4)15(18(20)21)12-14-9-7-8-10-16(14)23-3/h7-10,12H,5-6,11H2,1-4H3/b15-12-. The quantitative estimate of drug-likeness (QED) is 0.594. The van der Waals surface area contributed by atoms with Gasteiger partial charge in [0.2, 0.25) is 0 Å². The molecule has 0 aromatic heterocycles. The number of amides is 1. The minimum atomic E-state index is -0.499. The van der Waals surface area contributed by atoms with E-state index < -0.39 is 5.97 Å². The van der Waals surface area contributed by atoms with Crippen molar-refractivity contribution in [3.05, 3.63) is 46.7 Å². The number of hydrogen-bond donors (Lipinski definition) is 0. The summed E-state index contributed by atoms with van der Waals surface area (Å²) in [6, 6.07) is 7.37. The third-order valence-electron chi connectivity index (χ3n) is 4.08. The van der Waals surface area contributed by atoms with Crippen LogP contribution in [0.4, 0.5) is 0 Å². The van der Waals surface area contributed by atoms with Crippen molar-refractivity contribution in [3.63, 3.8) is 0 Å². The van der Waals surface area contributed by atoms with Crippen LogP contribution in [0.5, 0.6) is 5.75 Å². The lowest BCUT2D eigenvalue weighted by Crippen LogP contribution is -2.26. The SMILES string of the molecule is CCCCN1C(=O)/C(=C\c2ccccc2OC)C(C(=O)OC)=C1C. The van der Waals surface area contributed by atoms with Gasteiger partial charge in [0, 0.05) is 17.8 Å². The number of benzene rings is 1. The second-order valence-corrected chi connectivity index (χ2v) is 5.56. The van der Waals surface area contributed by atoms with Gasteiger partial charge >= 0.3 is 5.97 Å². The first-order valence-electron chi connectivity index (χ1n) is 8.01. The van der Waals surface area contributed by atoms with Gasteiger partial charge in [-0.1, -0.05) is 31.5 Å². The van der Waals surface area contributed by atoms with Gasteiger partial charge < -0.3 is 14.4 Å². The highest BCUT2D eigenvalue weighted by Crippen LogP contribution is 2.33. The Labute approximate surface area is 142 Å². The van der Waals surface area contributed by atoms with E-state index in [9.17, 15) is 9.59 Å². The van der Waals surface area contributed by atoms with E-state index in [1.165, 1.54) is 7.11 Å². The Balaban J connectivity index is 2.52.